The first-order chi connectivity index (χ1) is 7.21. The Bertz CT molecular complexity index is 337. The molecule has 0 radical (unpaired) electrons. The number of aliphatic hydroxyl groups is 1. The molecule has 0 saturated carbocycles. The molecular weight excluding hydrogens is 236 g/mol. The van der Waals surface area contributed by atoms with Crippen molar-refractivity contribution in [2.75, 3.05) is 6.54 Å². The maximum absolute atomic E-state index is 10.8. The molecule has 2 unspecified atom stereocenters. The zero-order chi connectivity index (χ0) is 14.1. The average molecular weight is 252 g/mol. The Morgan fingerprint density at radius 3 is 2.21 bits per heavy atom. The van der Waals surface area contributed by atoms with Crippen LogP contribution in [0.25, 0.3) is 0 Å². The summed E-state index contributed by atoms with van der Waals surface area (Å²) in [4.78, 5) is 36.7. The molecule has 0 saturated heterocycles. The molecule has 0 aliphatic rings. The third-order valence-electron chi connectivity index (χ3n) is 1.59. The van der Waals surface area contributed by atoms with Crippen molar-refractivity contribution in [2.45, 2.75) is 17.9 Å². The first kappa shape index (κ1) is 9.45. The van der Waals surface area contributed by atoms with E-state index in [2.05, 4.69) is 0 Å². The second kappa shape index (κ2) is 4.38. The second-order valence-corrected chi connectivity index (χ2v) is 6.63. The SMILES string of the molecule is [2H][N+]([2H])([2H])CCCC(O)(P(=O)([O-])O)P(=O)(O)O. The predicted molar refractivity (Wildman–Crippen MR) is 43.8 cm³/mol. The van der Waals surface area contributed by atoms with Crippen LogP contribution in [0.4, 0.5) is 0 Å². The highest BCUT2D eigenvalue weighted by Gasteiger charge is 2.52. The van der Waals surface area contributed by atoms with Crippen molar-refractivity contribution >= 4 is 15.2 Å². The highest BCUT2D eigenvalue weighted by atomic mass is 31.2. The average Bonchev–Trinajstić information content (AvgIpc) is 1.96. The maximum Gasteiger partial charge on any atom is 0.365 e. The molecule has 0 bridgehead atoms. The molecule has 0 heterocycles. The van der Waals surface area contributed by atoms with Gasteiger partial charge < -0.3 is 35.0 Å². The Kier molecular flexibility index (Phi) is 2.96. The van der Waals surface area contributed by atoms with Crippen LogP contribution in [-0.4, -0.2) is 31.4 Å². The van der Waals surface area contributed by atoms with E-state index in [0.717, 1.165) is 0 Å². The predicted octanol–water partition coefficient (Wildman–Crippen LogP) is -2.62. The van der Waals surface area contributed by atoms with Gasteiger partial charge >= 0.3 is 11.8 Å². The van der Waals surface area contributed by atoms with Gasteiger partial charge in [-0.15, -0.1) is 0 Å². The molecule has 0 aromatic heterocycles. The third kappa shape index (κ3) is 2.85. The summed E-state index contributed by atoms with van der Waals surface area (Å²) in [6.07, 6.45) is -1.60. The van der Waals surface area contributed by atoms with Crippen LogP contribution in [0.2, 0.25) is 4.24 Å². The van der Waals surface area contributed by atoms with Gasteiger partial charge in [0.15, 0.2) is 7.60 Å². The molecule has 0 amide bonds. The lowest BCUT2D eigenvalue weighted by molar-refractivity contribution is -0.369. The van der Waals surface area contributed by atoms with Crippen molar-refractivity contribution in [3.05, 3.63) is 0 Å². The minimum Gasteiger partial charge on any atom is -0.776 e. The molecule has 0 aliphatic heterocycles. The lowest BCUT2D eigenvalue weighted by atomic mass is 10.3. The van der Waals surface area contributed by atoms with E-state index < -0.39 is 45.4 Å². The van der Waals surface area contributed by atoms with Gasteiger partial charge in [-0.1, -0.05) is 0 Å². The minimum absolute atomic E-state index is 0.523. The van der Waals surface area contributed by atoms with Gasteiger partial charge in [0, 0.05) is 12.8 Å². The van der Waals surface area contributed by atoms with Gasteiger partial charge in [0.05, 0.1) is 6.54 Å². The highest BCUT2D eigenvalue weighted by molar-refractivity contribution is 7.71. The van der Waals surface area contributed by atoms with Gasteiger partial charge in [0.25, 0.3) is 0 Å². The van der Waals surface area contributed by atoms with E-state index in [0.29, 0.717) is 0 Å². The molecule has 0 aromatic carbocycles. The van der Waals surface area contributed by atoms with E-state index in [1.165, 1.54) is 0 Å². The summed E-state index contributed by atoms with van der Waals surface area (Å²) in [5.41, 5.74) is -1.81. The minimum atomic E-state index is -5.74. The van der Waals surface area contributed by atoms with Crippen LogP contribution in [0.15, 0.2) is 0 Å². The molecule has 86 valence electrons. The van der Waals surface area contributed by atoms with Crippen molar-refractivity contribution < 1.29 is 43.8 Å². The molecule has 0 spiro atoms. The Morgan fingerprint density at radius 1 is 1.43 bits per heavy atom. The Morgan fingerprint density at radius 2 is 1.93 bits per heavy atom. The van der Waals surface area contributed by atoms with Gasteiger partial charge in [-0.2, -0.15) is 0 Å². The van der Waals surface area contributed by atoms with E-state index >= 15 is 0 Å². The van der Waals surface area contributed by atoms with E-state index in [1.807, 2.05) is 0 Å². The van der Waals surface area contributed by atoms with Gasteiger partial charge in [-0.05, 0) is 0 Å². The monoisotopic (exact) mass is 252 g/mol. The van der Waals surface area contributed by atoms with Gasteiger partial charge in [0.1, 0.15) is 0 Å². The standard InChI is InChI=1S/C4H13NO7P2/c5-3-1-2-4(6,13(7,8)9)14(10,11)12/h6H,1-3,5H2,(H2,7,8,9)(H2,10,11,12)/i/hD3. The molecule has 2 atom stereocenters. The Balaban J connectivity index is 4.90. The van der Waals surface area contributed by atoms with Crippen LogP contribution in [-0.2, 0) is 9.13 Å². The maximum atomic E-state index is 10.8. The topological polar surface area (TPSA) is 166 Å². The fraction of sp³-hybridized carbons (Fsp3) is 1.00. The molecule has 14 heavy (non-hydrogen) atoms. The molecule has 0 aliphatic carbocycles. The van der Waals surface area contributed by atoms with Crippen LogP contribution in [0.1, 0.15) is 12.8 Å². The van der Waals surface area contributed by atoms with Gasteiger partial charge in [-0.3, -0.25) is 4.57 Å². The molecule has 10 heteroatoms. The first-order valence-corrected chi connectivity index (χ1v) is 6.68. The number of hydrogen-bond donors (Lipinski definition) is 5. The molecule has 0 aromatic rings. The largest absolute Gasteiger partial charge is 0.776 e. The number of rotatable bonds is 6. The summed E-state index contributed by atoms with van der Waals surface area (Å²) < 4.78 is 41.8. The third-order valence-corrected chi connectivity index (χ3v) is 5.41. The summed E-state index contributed by atoms with van der Waals surface area (Å²) in [5, 5.41) is 5.66. The smallest absolute Gasteiger partial charge is 0.365 e. The van der Waals surface area contributed by atoms with E-state index in [1.54, 1.807) is 0 Å². The van der Waals surface area contributed by atoms with Crippen LogP contribution in [0, 0.1) is 0 Å². The normalized spacial score (nSPS) is 25.4. The zero-order valence-electron chi connectivity index (χ0n) is 9.98. The van der Waals surface area contributed by atoms with Crippen LogP contribution in [0.5, 0.6) is 0 Å². The summed E-state index contributed by atoms with van der Waals surface area (Å²) in [7, 11) is -11.3. The van der Waals surface area contributed by atoms with E-state index in [-0.39, 0.29) is 0 Å². The van der Waals surface area contributed by atoms with Gasteiger partial charge in [-0.25, -0.2) is 0 Å². The quantitative estimate of drug-likeness (QED) is 0.322. The molecule has 0 fully saturated rings. The fourth-order valence-corrected chi connectivity index (χ4v) is 2.97. The molecular formula is C4H13NO7P2. The summed E-state index contributed by atoms with van der Waals surface area (Å²) in [5.74, 6) is 0. The van der Waals surface area contributed by atoms with E-state index in [9.17, 15) is 19.1 Å². The first-order valence-electron chi connectivity index (χ1n) is 4.83. The van der Waals surface area contributed by atoms with Crippen molar-refractivity contribution in [2.24, 2.45) is 0 Å². The van der Waals surface area contributed by atoms with Crippen LogP contribution >= 0.6 is 15.2 Å². The van der Waals surface area contributed by atoms with Crippen molar-refractivity contribution in [3.63, 3.8) is 0 Å². The lowest BCUT2D eigenvalue weighted by Gasteiger charge is -2.35. The van der Waals surface area contributed by atoms with Crippen LogP contribution < -0.4 is 10.6 Å². The Hall–Kier alpha value is 0.220. The summed E-state index contributed by atoms with van der Waals surface area (Å²) >= 11 is 0. The number of quaternary nitrogens is 1. The Labute approximate surface area is 84.5 Å². The van der Waals surface area contributed by atoms with Crippen molar-refractivity contribution in [1.82, 2.24) is 0 Å². The summed E-state index contributed by atoms with van der Waals surface area (Å²) in [6, 6.07) is 0. The van der Waals surface area contributed by atoms with Crippen LogP contribution in [0.3, 0.4) is 0 Å². The zero-order valence-corrected chi connectivity index (χ0v) is 8.77. The van der Waals surface area contributed by atoms with Gasteiger partial charge in [0.2, 0.25) is 5.08 Å². The molecule has 0 rings (SSSR count). The number of hydrogen-bond acceptors (Lipinski definition) is 4. The van der Waals surface area contributed by atoms with Crippen molar-refractivity contribution in [3.8, 4) is 0 Å². The van der Waals surface area contributed by atoms with Crippen molar-refractivity contribution in [1.29, 1.82) is 0 Å². The highest BCUT2D eigenvalue weighted by Crippen LogP contribution is 2.67. The summed E-state index contributed by atoms with van der Waals surface area (Å²) in [6.45, 7) is -0.609. The van der Waals surface area contributed by atoms with E-state index in [4.69, 9.17) is 18.9 Å². The lowest BCUT2D eigenvalue weighted by Crippen LogP contribution is -2.50. The second-order valence-electron chi connectivity index (χ2n) is 2.67. The molecule has 7 N–H and O–H groups in total. The fourth-order valence-electron chi connectivity index (χ4n) is 0.768. The molecule has 8 nitrogen and oxygen atoms in total.